The van der Waals surface area contributed by atoms with Crippen LogP contribution in [0.3, 0.4) is 0 Å². The van der Waals surface area contributed by atoms with Crippen LogP contribution >= 0.6 is 15.9 Å². The Morgan fingerprint density at radius 3 is 2.50 bits per heavy atom. The van der Waals surface area contributed by atoms with Gasteiger partial charge in [-0.1, -0.05) is 13.8 Å². The van der Waals surface area contributed by atoms with E-state index in [0.717, 1.165) is 6.54 Å². The van der Waals surface area contributed by atoms with Gasteiger partial charge in [-0.25, -0.2) is 8.78 Å². The number of halogens is 3. The summed E-state index contributed by atoms with van der Waals surface area (Å²) in [6, 6.07) is 2.67. The molecule has 0 bridgehead atoms. The second kappa shape index (κ2) is 5.73. The SMILES string of the molecule is CC(C)CN(C)Cc1c(F)ccc(Br)c1F. The molecule has 0 aromatic heterocycles. The van der Waals surface area contributed by atoms with Gasteiger partial charge < -0.3 is 4.90 Å². The topological polar surface area (TPSA) is 3.24 Å². The third kappa shape index (κ3) is 3.52. The predicted molar refractivity (Wildman–Crippen MR) is 65.2 cm³/mol. The van der Waals surface area contributed by atoms with Crippen molar-refractivity contribution in [2.75, 3.05) is 13.6 Å². The van der Waals surface area contributed by atoms with Gasteiger partial charge in [-0.15, -0.1) is 0 Å². The van der Waals surface area contributed by atoms with E-state index in [1.165, 1.54) is 12.1 Å². The van der Waals surface area contributed by atoms with Crippen molar-refractivity contribution < 1.29 is 8.78 Å². The molecule has 0 radical (unpaired) electrons. The monoisotopic (exact) mass is 291 g/mol. The van der Waals surface area contributed by atoms with Crippen molar-refractivity contribution in [3.63, 3.8) is 0 Å². The zero-order valence-electron chi connectivity index (χ0n) is 9.73. The first-order valence-electron chi connectivity index (χ1n) is 5.22. The first kappa shape index (κ1) is 13.6. The number of hydrogen-bond acceptors (Lipinski definition) is 1. The highest BCUT2D eigenvalue weighted by Gasteiger charge is 2.14. The molecule has 0 aliphatic carbocycles. The minimum absolute atomic E-state index is 0.123. The summed E-state index contributed by atoms with van der Waals surface area (Å²) >= 11 is 3.06. The summed E-state index contributed by atoms with van der Waals surface area (Å²) in [4.78, 5) is 1.92. The maximum Gasteiger partial charge on any atom is 0.144 e. The van der Waals surface area contributed by atoms with Gasteiger partial charge in [0.05, 0.1) is 4.47 Å². The molecular weight excluding hydrogens is 276 g/mol. The Balaban J connectivity index is 2.84. The van der Waals surface area contributed by atoms with E-state index in [4.69, 9.17) is 0 Å². The summed E-state index contributed by atoms with van der Waals surface area (Å²) in [5.41, 5.74) is 0.123. The van der Waals surface area contributed by atoms with Crippen molar-refractivity contribution in [2.45, 2.75) is 20.4 Å². The fourth-order valence-electron chi connectivity index (χ4n) is 1.67. The van der Waals surface area contributed by atoms with Crippen LogP contribution in [0.4, 0.5) is 8.78 Å². The minimum atomic E-state index is -0.504. The van der Waals surface area contributed by atoms with Crippen molar-refractivity contribution in [1.82, 2.24) is 4.90 Å². The van der Waals surface area contributed by atoms with Gasteiger partial charge in [0.1, 0.15) is 11.6 Å². The Labute approximate surface area is 104 Å². The van der Waals surface area contributed by atoms with Crippen LogP contribution in [-0.2, 0) is 6.54 Å². The molecule has 16 heavy (non-hydrogen) atoms. The lowest BCUT2D eigenvalue weighted by Gasteiger charge is -2.19. The molecule has 90 valence electrons. The fraction of sp³-hybridized carbons (Fsp3) is 0.500. The van der Waals surface area contributed by atoms with Crippen LogP contribution in [0, 0.1) is 17.6 Å². The van der Waals surface area contributed by atoms with E-state index >= 15 is 0 Å². The molecule has 0 fully saturated rings. The Bertz CT molecular complexity index is 366. The zero-order chi connectivity index (χ0) is 12.3. The van der Waals surface area contributed by atoms with Crippen LogP contribution in [0.2, 0.25) is 0 Å². The van der Waals surface area contributed by atoms with Crippen LogP contribution in [0.5, 0.6) is 0 Å². The maximum atomic E-state index is 13.6. The molecule has 0 unspecified atom stereocenters. The number of hydrogen-bond donors (Lipinski definition) is 0. The molecule has 1 aromatic rings. The Morgan fingerprint density at radius 2 is 1.94 bits per heavy atom. The summed E-state index contributed by atoms with van der Waals surface area (Å²) in [7, 11) is 1.86. The lowest BCUT2D eigenvalue weighted by atomic mass is 10.1. The number of nitrogens with zero attached hydrogens (tertiary/aromatic N) is 1. The Morgan fingerprint density at radius 1 is 1.31 bits per heavy atom. The Hall–Kier alpha value is -0.480. The normalized spacial score (nSPS) is 11.5. The van der Waals surface area contributed by atoms with Gasteiger partial charge in [0, 0.05) is 18.7 Å². The summed E-state index contributed by atoms with van der Waals surface area (Å²) in [6.45, 7) is 5.24. The molecule has 0 atom stereocenters. The average molecular weight is 292 g/mol. The molecule has 1 nitrogen and oxygen atoms in total. The summed E-state index contributed by atoms with van der Waals surface area (Å²) in [6.07, 6.45) is 0. The maximum absolute atomic E-state index is 13.6. The van der Waals surface area contributed by atoms with Crippen LogP contribution < -0.4 is 0 Å². The summed E-state index contributed by atoms with van der Waals surface area (Å²) in [5.74, 6) is -0.518. The molecule has 0 saturated carbocycles. The van der Waals surface area contributed by atoms with Gasteiger partial charge >= 0.3 is 0 Å². The van der Waals surface area contributed by atoms with Crippen molar-refractivity contribution in [1.29, 1.82) is 0 Å². The van der Waals surface area contributed by atoms with Crippen LogP contribution in [0.25, 0.3) is 0 Å². The predicted octanol–water partition coefficient (Wildman–Crippen LogP) is 3.82. The molecule has 0 spiro atoms. The zero-order valence-corrected chi connectivity index (χ0v) is 11.3. The quantitative estimate of drug-likeness (QED) is 0.763. The minimum Gasteiger partial charge on any atom is -0.302 e. The molecule has 0 heterocycles. The van der Waals surface area contributed by atoms with Crippen LogP contribution in [-0.4, -0.2) is 18.5 Å². The summed E-state index contributed by atoms with van der Waals surface area (Å²) in [5, 5.41) is 0. The van der Waals surface area contributed by atoms with Gasteiger partial charge in [-0.05, 0) is 41.0 Å². The van der Waals surface area contributed by atoms with Crippen molar-refractivity contribution in [3.05, 3.63) is 33.8 Å². The van der Waals surface area contributed by atoms with Crippen molar-refractivity contribution >= 4 is 15.9 Å². The van der Waals surface area contributed by atoms with Gasteiger partial charge in [-0.3, -0.25) is 0 Å². The molecule has 1 aromatic carbocycles. The molecular formula is C12H16BrF2N. The second-order valence-electron chi connectivity index (χ2n) is 4.41. The highest BCUT2D eigenvalue weighted by atomic mass is 79.9. The number of benzene rings is 1. The largest absolute Gasteiger partial charge is 0.302 e. The smallest absolute Gasteiger partial charge is 0.144 e. The van der Waals surface area contributed by atoms with E-state index in [2.05, 4.69) is 29.8 Å². The van der Waals surface area contributed by atoms with Crippen molar-refractivity contribution in [3.8, 4) is 0 Å². The van der Waals surface area contributed by atoms with E-state index in [1.807, 2.05) is 11.9 Å². The van der Waals surface area contributed by atoms with Gasteiger partial charge in [-0.2, -0.15) is 0 Å². The van der Waals surface area contributed by atoms with Crippen molar-refractivity contribution in [2.24, 2.45) is 5.92 Å². The highest BCUT2D eigenvalue weighted by molar-refractivity contribution is 9.10. The first-order chi connectivity index (χ1) is 7.41. The molecule has 1 rings (SSSR count). The molecule has 0 amide bonds. The third-order valence-electron chi connectivity index (χ3n) is 2.24. The van der Waals surface area contributed by atoms with E-state index in [0.29, 0.717) is 10.4 Å². The van der Waals surface area contributed by atoms with Gasteiger partial charge in [0.2, 0.25) is 0 Å². The van der Waals surface area contributed by atoms with Gasteiger partial charge in [0.15, 0.2) is 0 Å². The standard InChI is InChI=1S/C12H16BrF2N/c1-8(2)6-16(3)7-9-11(14)5-4-10(13)12(9)15/h4-5,8H,6-7H2,1-3H3. The van der Waals surface area contributed by atoms with Crippen LogP contribution in [0.15, 0.2) is 16.6 Å². The molecule has 0 saturated heterocycles. The second-order valence-corrected chi connectivity index (χ2v) is 5.27. The first-order valence-corrected chi connectivity index (χ1v) is 6.02. The Kier molecular flexibility index (Phi) is 4.87. The van der Waals surface area contributed by atoms with Gasteiger partial charge in [0.25, 0.3) is 0 Å². The van der Waals surface area contributed by atoms with E-state index in [1.54, 1.807) is 0 Å². The molecule has 0 aliphatic heterocycles. The molecule has 4 heteroatoms. The summed E-state index contributed by atoms with van der Waals surface area (Å²) < 4.78 is 27.4. The lowest BCUT2D eigenvalue weighted by Crippen LogP contribution is -2.24. The molecule has 0 N–H and O–H groups in total. The lowest BCUT2D eigenvalue weighted by molar-refractivity contribution is 0.279. The van der Waals surface area contributed by atoms with E-state index in [9.17, 15) is 8.78 Å². The molecule has 0 aliphatic rings. The van der Waals surface area contributed by atoms with E-state index < -0.39 is 11.6 Å². The third-order valence-corrected chi connectivity index (χ3v) is 2.86. The number of rotatable bonds is 4. The van der Waals surface area contributed by atoms with E-state index in [-0.39, 0.29) is 12.1 Å². The average Bonchev–Trinajstić information content (AvgIpc) is 2.17. The highest BCUT2D eigenvalue weighted by Crippen LogP contribution is 2.22. The fourth-order valence-corrected chi connectivity index (χ4v) is 2.04. The van der Waals surface area contributed by atoms with Crippen LogP contribution in [0.1, 0.15) is 19.4 Å².